The van der Waals surface area contributed by atoms with Gasteiger partial charge in [-0.2, -0.15) is 0 Å². The van der Waals surface area contributed by atoms with Crippen LogP contribution in [0.15, 0.2) is 15.8 Å². The first-order chi connectivity index (χ1) is 11.4. The molecule has 0 radical (unpaired) electrons. The first-order valence-corrected chi connectivity index (χ1v) is 7.23. The van der Waals surface area contributed by atoms with E-state index in [9.17, 15) is 24.8 Å². The van der Waals surface area contributed by atoms with Crippen molar-refractivity contribution >= 4 is 0 Å². The lowest BCUT2D eigenvalue weighted by molar-refractivity contribution is -0.537. The van der Waals surface area contributed by atoms with Crippen molar-refractivity contribution in [3.05, 3.63) is 42.7 Å². The summed E-state index contributed by atoms with van der Waals surface area (Å²) in [7, 11) is 1.45. The molecular weight excluding hydrogens is 326 g/mol. The Kier molecular flexibility index (Phi) is 5.83. The van der Waals surface area contributed by atoms with E-state index in [2.05, 4.69) is 4.98 Å². The van der Waals surface area contributed by atoms with Crippen LogP contribution < -0.4 is 11.2 Å². The van der Waals surface area contributed by atoms with Crippen LogP contribution in [0.4, 0.5) is 0 Å². The first kappa shape index (κ1) is 18.3. The molecule has 0 unspecified atom stereocenters. The summed E-state index contributed by atoms with van der Waals surface area (Å²) in [5.74, 6) is 0. The Morgan fingerprint density at radius 1 is 1.46 bits per heavy atom. The number of nitro groups is 1. The van der Waals surface area contributed by atoms with Crippen LogP contribution in [0.5, 0.6) is 0 Å². The van der Waals surface area contributed by atoms with Crippen LogP contribution in [0.2, 0.25) is 0 Å². The van der Waals surface area contributed by atoms with Gasteiger partial charge in [-0.05, 0) is 6.92 Å². The van der Waals surface area contributed by atoms with Gasteiger partial charge in [0.05, 0.1) is 19.8 Å². The third-order valence-corrected chi connectivity index (χ3v) is 3.75. The molecule has 2 rings (SSSR count). The number of rotatable bonds is 7. The van der Waals surface area contributed by atoms with Crippen LogP contribution in [0, 0.1) is 17.0 Å². The topological polar surface area (TPSA) is 146 Å². The number of methoxy groups -OCH3 is 1. The molecule has 1 fully saturated rings. The zero-order valence-electron chi connectivity index (χ0n) is 13.2. The van der Waals surface area contributed by atoms with Gasteiger partial charge in [0.25, 0.3) is 11.6 Å². The molecule has 134 valence electrons. The molecule has 11 nitrogen and oxygen atoms in total. The van der Waals surface area contributed by atoms with Gasteiger partial charge < -0.3 is 19.3 Å². The zero-order valence-corrected chi connectivity index (χ0v) is 13.2. The summed E-state index contributed by atoms with van der Waals surface area (Å²) < 4.78 is 16.8. The average Bonchev–Trinajstić information content (AvgIpc) is 2.90. The number of hydrogen-bond donors (Lipinski definition) is 2. The fourth-order valence-corrected chi connectivity index (χ4v) is 2.57. The van der Waals surface area contributed by atoms with Gasteiger partial charge in [-0.3, -0.25) is 24.5 Å². The van der Waals surface area contributed by atoms with Crippen LogP contribution >= 0.6 is 0 Å². The highest BCUT2D eigenvalue weighted by Gasteiger charge is 2.54. The average molecular weight is 345 g/mol. The van der Waals surface area contributed by atoms with Gasteiger partial charge in [0, 0.05) is 23.8 Å². The fourth-order valence-electron chi connectivity index (χ4n) is 2.57. The third-order valence-electron chi connectivity index (χ3n) is 3.75. The molecule has 0 bridgehead atoms. The Bertz CT molecular complexity index is 699. The van der Waals surface area contributed by atoms with Crippen molar-refractivity contribution in [1.29, 1.82) is 0 Å². The summed E-state index contributed by atoms with van der Waals surface area (Å²) in [6.45, 7) is 1.11. The minimum atomic E-state index is -1.36. The van der Waals surface area contributed by atoms with E-state index >= 15 is 0 Å². The molecule has 1 aliphatic heterocycles. The maximum atomic E-state index is 12.0. The molecule has 1 aromatic rings. The number of aliphatic hydroxyl groups is 1. The predicted octanol–water partition coefficient (Wildman–Crippen LogP) is -1.59. The SMILES string of the molecule is COCCO[C@@H]1[C@H]([N+](=O)[O-])[C@@H](CO)O[C@H]1n1cc(C)c(=O)[nH]c1=O. The molecule has 4 atom stereocenters. The van der Waals surface area contributed by atoms with Crippen LogP contribution in [0.3, 0.4) is 0 Å². The van der Waals surface area contributed by atoms with Crippen molar-refractivity contribution < 1.29 is 24.2 Å². The van der Waals surface area contributed by atoms with Crippen molar-refractivity contribution in [2.45, 2.75) is 31.4 Å². The monoisotopic (exact) mass is 345 g/mol. The normalized spacial score (nSPS) is 26.6. The maximum Gasteiger partial charge on any atom is 0.330 e. The van der Waals surface area contributed by atoms with E-state index in [1.807, 2.05) is 0 Å². The van der Waals surface area contributed by atoms with E-state index in [1.165, 1.54) is 20.2 Å². The molecule has 11 heteroatoms. The van der Waals surface area contributed by atoms with E-state index in [-0.39, 0.29) is 18.8 Å². The van der Waals surface area contributed by atoms with Gasteiger partial charge in [0.1, 0.15) is 0 Å². The summed E-state index contributed by atoms with van der Waals surface area (Å²) in [6.07, 6.45) is -2.18. The highest BCUT2D eigenvalue weighted by molar-refractivity contribution is 5.03. The Morgan fingerprint density at radius 3 is 2.75 bits per heavy atom. The predicted molar refractivity (Wildman–Crippen MR) is 79.5 cm³/mol. The summed E-state index contributed by atoms with van der Waals surface area (Å²) in [6, 6.07) is -1.36. The molecule has 1 aliphatic rings. The van der Waals surface area contributed by atoms with Gasteiger partial charge in [0.2, 0.25) is 0 Å². The molecule has 0 aliphatic carbocycles. The van der Waals surface area contributed by atoms with Crippen LogP contribution in [0.25, 0.3) is 0 Å². The fraction of sp³-hybridized carbons (Fsp3) is 0.692. The van der Waals surface area contributed by atoms with Gasteiger partial charge in [-0.25, -0.2) is 4.79 Å². The number of aryl methyl sites for hydroxylation is 1. The first-order valence-electron chi connectivity index (χ1n) is 7.23. The number of aromatic nitrogens is 2. The number of hydrogen-bond acceptors (Lipinski definition) is 8. The summed E-state index contributed by atoms with van der Waals surface area (Å²) >= 11 is 0. The van der Waals surface area contributed by atoms with Gasteiger partial charge >= 0.3 is 5.69 Å². The molecule has 1 aromatic heterocycles. The van der Waals surface area contributed by atoms with E-state index < -0.39 is 47.3 Å². The third kappa shape index (κ3) is 3.53. The highest BCUT2D eigenvalue weighted by atomic mass is 16.7. The second-order valence-corrected chi connectivity index (χ2v) is 5.33. The Hall–Kier alpha value is -2.08. The van der Waals surface area contributed by atoms with Gasteiger partial charge in [-0.1, -0.05) is 0 Å². The van der Waals surface area contributed by atoms with E-state index in [1.54, 1.807) is 0 Å². The minimum absolute atomic E-state index is 0.0423. The maximum absolute atomic E-state index is 12.0. The number of aromatic amines is 1. The molecule has 0 aromatic carbocycles. The lowest BCUT2D eigenvalue weighted by atomic mass is 10.1. The molecule has 2 N–H and O–H groups in total. The van der Waals surface area contributed by atoms with Crippen molar-refractivity contribution in [3.63, 3.8) is 0 Å². The molecule has 24 heavy (non-hydrogen) atoms. The molecule has 0 saturated carbocycles. The van der Waals surface area contributed by atoms with Crippen LogP contribution in [0.1, 0.15) is 11.8 Å². The van der Waals surface area contributed by atoms with E-state index in [0.29, 0.717) is 0 Å². The van der Waals surface area contributed by atoms with E-state index in [4.69, 9.17) is 14.2 Å². The summed E-state index contributed by atoms with van der Waals surface area (Å²) in [4.78, 5) is 36.4. The lowest BCUT2D eigenvalue weighted by Crippen LogP contribution is -2.44. The van der Waals surface area contributed by atoms with Crippen molar-refractivity contribution in [2.75, 3.05) is 26.9 Å². The number of ether oxygens (including phenoxy) is 3. The molecule has 0 spiro atoms. The quantitative estimate of drug-likeness (QED) is 0.342. The van der Waals surface area contributed by atoms with Gasteiger partial charge in [-0.15, -0.1) is 0 Å². The minimum Gasteiger partial charge on any atom is -0.393 e. The van der Waals surface area contributed by atoms with Crippen LogP contribution in [-0.2, 0) is 14.2 Å². The Balaban J connectivity index is 2.41. The molecule has 2 heterocycles. The van der Waals surface area contributed by atoms with Crippen molar-refractivity contribution in [3.8, 4) is 0 Å². The smallest absolute Gasteiger partial charge is 0.330 e. The number of aliphatic hydroxyl groups excluding tert-OH is 1. The lowest BCUT2D eigenvalue weighted by Gasteiger charge is -2.21. The highest BCUT2D eigenvalue weighted by Crippen LogP contribution is 2.32. The number of nitrogens with zero attached hydrogens (tertiary/aromatic N) is 2. The van der Waals surface area contributed by atoms with E-state index in [0.717, 1.165) is 4.57 Å². The summed E-state index contributed by atoms with van der Waals surface area (Å²) in [5.41, 5.74) is -1.11. The summed E-state index contributed by atoms with van der Waals surface area (Å²) in [5, 5.41) is 20.7. The second-order valence-electron chi connectivity index (χ2n) is 5.33. The standard InChI is InChI=1S/C13H19N3O8/c1-7-5-15(13(19)14-11(7)18)12-10(23-4-3-22-2)9(16(20)21)8(6-17)24-12/h5,8-10,12,17H,3-4,6H2,1-2H3,(H,14,18,19)/t8-,9-,10-,12-/m1/s1. The Morgan fingerprint density at radius 2 is 2.17 bits per heavy atom. The second kappa shape index (κ2) is 7.66. The van der Waals surface area contributed by atoms with Crippen LogP contribution in [-0.4, -0.2) is 64.8 Å². The molecular formula is C13H19N3O8. The Labute approximate surface area is 135 Å². The zero-order chi connectivity index (χ0) is 17.9. The largest absolute Gasteiger partial charge is 0.393 e. The molecule has 1 saturated heterocycles. The number of nitrogens with one attached hydrogen (secondary N) is 1. The van der Waals surface area contributed by atoms with Crippen molar-refractivity contribution in [2.24, 2.45) is 0 Å². The van der Waals surface area contributed by atoms with Gasteiger partial charge in [0.15, 0.2) is 18.4 Å². The molecule has 0 amide bonds. The van der Waals surface area contributed by atoms with Crippen molar-refractivity contribution in [1.82, 2.24) is 9.55 Å². The number of H-pyrrole nitrogens is 1.